The first-order valence-corrected chi connectivity index (χ1v) is 6.26. The summed E-state index contributed by atoms with van der Waals surface area (Å²) in [5.74, 6) is 0.727. The zero-order chi connectivity index (χ0) is 9.97. The monoisotopic (exact) mass is 227 g/mol. The standard InChI is InChI=1S/C11H14ClNS/c1-8-2-9(4-10(12)3-8)5-11-6-13-7-14-11/h4,6-8,10H,2-3,5H2,1H3. The van der Waals surface area contributed by atoms with E-state index in [0.29, 0.717) is 0 Å². The minimum absolute atomic E-state index is 0.238. The van der Waals surface area contributed by atoms with Crippen molar-refractivity contribution in [1.82, 2.24) is 4.98 Å². The molecule has 1 aliphatic carbocycles. The Morgan fingerprint density at radius 2 is 2.50 bits per heavy atom. The van der Waals surface area contributed by atoms with Gasteiger partial charge in [-0.1, -0.05) is 18.6 Å². The van der Waals surface area contributed by atoms with E-state index >= 15 is 0 Å². The van der Waals surface area contributed by atoms with Crippen molar-refractivity contribution in [2.24, 2.45) is 5.92 Å². The summed E-state index contributed by atoms with van der Waals surface area (Å²) >= 11 is 7.88. The van der Waals surface area contributed by atoms with Crippen molar-refractivity contribution in [3.8, 4) is 0 Å². The lowest BCUT2D eigenvalue weighted by molar-refractivity contribution is 0.508. The van der Waals surface area contributed by atoms with Crippen LogP contribution < -0.4 is 0 Å². The summed E-state index contributed by atoms with van der Waals surface area (Å²) in [6, 6.07) is 0. The van der Waals surface area contributed by atoms with E-state index in [1.807, 2.05) is 11.7 Å². The lowest BCUT2D eigenvalue weighted by atomic mass is 9.88. The molecule has 0 saturated carbocycles. The van der Waals surface area contributed by atoms with Crippen LogP contribution >= 0.6 is 22.9 Å². The minimum Gasteiger partial charge on any atom is -0.253 e. The molecule has 1 aromatic heterocycles. The third kappa shape index (κ3) is 2.58. The highest BCUT2D eigenvalue weighted by Gasteiger charge is 2.17. The average Bonchev–Trinajstić information content (AvgIpc) is 2.54. The van der Waals surface area contributed by atoms with Gasteiger partial charge in [-0.15, -0.1) is 22.9 Å². The van der Waals surface area contributed by atoms with Crippen LogP contribution in [0.5, 0.6) is 0 Å². The van der Waals surface area contributed by atoms with Gasteiger partial charge in [0.1, 0.15) is 0 Å². The van der Waals surface area contributed by atoms with Crippen LogP contribution in [-0.4, -0.2) is 10.4 Å². The highest BCUT2D eigenvalue weighted by atomic mass is 35.5. The minimum atomic E-state index is 0.238. The van der Waals surface area contributed by atoms with E-state index in [2.05, 4.69) is 18.0 Å². The molecule has 2 atom stereocenters. The Balaban J connectivity index is 2.04. The van der Waals surface area contributed by atoms with Gasteiger partial charge in [0, 0.05) is 17.5 Å². The highest BCUT2D eigenvalue weighted by Crippen LogP contribution is 2.29. The third-order valence-electron chi connectivity index (χ3n) is 2.54. The Morgan fingerprint density at radius 3 is 3.14 bits per heavy atom. The molecular weight excluding hydrogens is 214 g/mol. The van der Waals surface area contributed by atoms with Gasteiger partial charge in [-0.2, -0.15) is 0 Å². The maximum absolute atomic E-state index is 6.16. The summed E-state index contributed by atoms with van der Waals surface area (Å²) in [6.45, 7) is 2.27. The molecule has 1 aromatic rings. The van der Waals surface area contributed by atoms with Crippen molar-refractivity contribution >= 4 is 22.9 Å². The molecule has 0 radical (unpaired) electrons. The molecule has 0 fully saturated rings. The van der Waals surface area contributed by atoms with Crippen LogP contribution in [0.15, 0.2) is 23.4 Å². The largest absolute Gasteiger partial charge is 0.253 e. The first-order valence-electron chi connectivity index (χ1n) is 4.95. The molecule has 2 unspecified atom stereocenters. The molecule has 0 amide bonds. The van der Waals surface area contributed by atoms with Gasteiger partial charge < -0.3 is 0 Å². The Bertz CT molecular complexity index is 318. The molecular formula is C11H14ClNS. The molecule has 14 heavy (non-hydrogen) atoms. The lowest BCUT2D eigenvalue weighted by Crippen LogP contribution is -2.12. The number of hydrogen-bond acceptors (Lipinski definition) is 2. The molecule has 0 N–H and O–H groups in total. The molecule has 3 heteroatoms. The van der Waals surface area contributed by atoms with Crippen molar-refractivity contribution in [2.75, 3.05) is 0 Å². The molecule has 0 spiro atoms. The predicted octanol–water partition coefficient (Wildman–Crippen LogP) is 3.65. The van der Waals surface area contributed by atoms with Crippen LogP contribution in [0, 0.1) is 5.92 Å². The van der Waals surface area contributed by atoms with Gasteiger partial charge in [0.05, 0.1) is 10.9 Å². The number of alkyl halides is 1. The summed E-state index contributed by atoms with van der Waals surface area (Å²) in [6.07, 6.45) is 7.53. The van der Waals surface area contributed by atoms with Crippen LogP contribution in [0.1, 0.15) is 24.6 Å². The van der Waals surface area contributed by atoms with Crippen molar-refractivity contribution in [3.05, 3.63) is 28.2 Å². The quantitative estimate of drug-likeness (QED) is 0.555. The summed E-state index contributed by atoms with van der Waals surface area (Å²) in [5, 5.41) is 0.238. The van der Waals surface area contributed by atoms with Gasteiger partial charge in [0.2, 0.25) is 0 Å². The highest BCUT2D eigenvalue weighted by molar-refractivity contribution is 7.09. The van der Waals surface area contributed by atoms with Crippen LogP contribution in [0.3, 0.4) is 0 Å². The maximum Gasteiger partial charge on any atom is 0.0794 e. The Morgan fingerprint density at radius 1 is 1.64 bits per heavy atom. The predicted molar refractivity (Wildman–Crippen MR) is 61.9 cm³/mol. The first-order chi connectivity index (χ1) is 6.74. The first kappa shape index (κ1) is 10.2. The average molecular weight is 228 g/mol. The van der Waals surface area contributed by atoms with Crippen molar-refractivity contribution < 1.29 is 0 Å². The zero-order valence-corrected chi connectivity index (χ0v) is 9.81. The molecule has 0 bridgehead atoms. The van der Waals surface area contributed by atoms with E-state index in [9.17, 15) is 0 Å². The van der Waals surface area contributed by atoms with Gasteiger partial charge in [-0.3, -0.25) is 4.98 Å². The number of allylic oxidation sites excluding steroid dienone is 2. The number of hydrogen-bond donors (Lipinski definition) is 0. The van der Waals surface area contributed by atoms with Gasteiger partial charge >= 0.3 is 0 Å². The fourth-order valence-corrected chi connectivity index (χ4v) is 3.12. The Hall–Kier alpha value is -0.340. The fourth-order valence-electron chi connectivity index (χ4n) is 1.99. The number of halogens is 1. The fraction of sp³-hybridized carbons (Fsp3) is 0.545. The second-order valence-corrected chi connectivity index (χ2v) is 5.56. The topological polar surface area (TPSA) is 12.9 Å². The second-order valence-electron chi connectivity index (χ2n) is 4.03. The van der Waals surface area contributed by atoms with Gasteiger partial charge in [-0.05, 0) is 18.8 Å². The number of rotatable bonds is 2. The number of nitrogens with zero attached hydrogens (tertiary/aromatic N) is 1. The Kier molecular flexibility index (Phi) is 3.24. The molecule has 0 saturated heterocycles. The number of thiazole rings is 1. The normalized spacial score (nSPS) is 27.4. The van der Waals surface area contributed by atoms with Crippen LogP contribution in [0.4, 0.5) is 0 Å². The summed E-state index contributed by atoms with van der Waals surface area (Å²) in [4.78, 5) is 5.43. The third-order valence-corrected chi connectivity index (χ3v) is 3.62. The van der Waals surface area contributed by atoms with E-state index in [1.165, 1.54) is 16.9 Å². The SMILES string of the molecule is CC1CC(Cc2cncs2)=CC(Cl)C1. The molecule has 0 aromatic carbocycles. The lowest BCUT2D eigenvalue weighted by Gasteiger charge is -2.22. The zero-order valence-electron chi connectivity index (χ0n) is 8.24. The smallest absolute Gasteiger partial charge is 0.0794 e. The van der Waals surface area contributed by atoms with Crippen LogP contribution in [-0.2, 0) is 6.42 Å². The van der Waals surface area contributed by atoms with E-state index in [1.54, 1.807) is 11.3 Å². The van der Waals surface area contributed by atoms with Crippen LogP contribution in [0.2, 0.25) is 0 Å². The van der Waals surface area contributed by atoms with Gasteiger partial charge in [-0.25, -0.2) is 0 Å². The molecule has 76 valence electrons. The molecule has 0 aliphatic heterocycles. The summed E-state index contributed by atoms with van der Waals surface area (Å²) in [5.41, 5.74) is 3.37. The van der Waals surface area contributed by atoms with Crippen molar-refractivity contribution in [3.63, 3.8) is 0 Å². The van der Waals surface area contributed by atoms with E-state index in [-0.39, 0.29) is 5.38 Å². The second kappa shape index (κ2) is 4.45. The maximum atomic E-state index is 6.16. The Labute approximate surface area is 93.8 Å². The molecule has 1 aliphatic rings. The molecule has 1 nitrogen and oxygen atoms in total. The van der Waals surface area contributed by atoms with Crippen molar-refractivity contribution in [2.45, 2.75) is 31.6 Å². The van der Waals surface area contributed by atoms with Crippen molar-refractivity contribution in [1.29, 1.82) is 0 Å². The molecule has 1 heterocycles. The molecule has 2 rings (SSSR count). The van der Waals surface area contributed by atoms with E-state index in [0.717, 1.165) is 18.8 Å². The van der Waals surface area contributed by atoms with E-state index < -0.39 is 0 Å². The summed E-state index contributed by atoms with van der Waals surface area (Å²) in [7, 11) is 0. The van der Waals surface area contributed by atoms with E-state index in [4.69, 9.17) is 11.6 Å². The van der Waals surface area contributed by atoms with Gasteiger partial charge in [0.25, 0.3) is 0 Å². The number of aromatic nitrogens is 1. The summed E-state index contributed by atoms with van der Waals surface area (Å²) < 4.78 is 0. The van der Waals surface area contributed by atoms with Crippen LogP contribution in [0.25, 0.3) is 0 Å². The van der Waals surface area contributed by atoms with Gasteiger partial charge in [0.15, 0.2) is 0 Å².